The van der Waals surface area contributed by atoms with Crippen molar-refractivity contribution >= 4 is 45.5 Å². The highest BCUT2D eigenvalue weighted by Crippen LogP contribution is 2.56. The van der Waals surface area contributed by atoms with Crippen molar-refractivity contribution in [1.29, 1.82) is 0 Å². The summed E-state index contributed by atoms with van der Waals surface area (Å²) in [5.41, 5.74) is 13.4. The van der Waals surface area contributed by atoms with Crippen molar-refractivity contribution in [3.63, 3.8) is 0 Å². The largest absolute Gasteiger partial charge is 0.313 e. The zero-order chi connectivity index (χ0) is 31.4. The Morgan fingerprint density at radius 1 is 0.391 bits per heavy atom. The maximum Gasteiger partial charge on any atom is 0.151 e. The van der Waals surface area contributed by atoms with Gasteiger partial charge in [-0.2, -0.15) is 0 Å². The number of aromatic nitrogens is 4. The molecule has 6 heterocycles. The van der Waals surface area contributed by atoms with E-state index in [-0.39, 0.29) is 12.3 Å². The third-order valence-corrected chi connectivity index (χ3v) is 9.24. The summed E-state index contributed by atoms with van der Waals surface area (Å²) in [4.78, 5) is 28.1. The van der Waals surface area contributed by atoms with Gasteiger partial charge in [-0.25, -0.2) is 0 Å². The first-order chi connectivity index (χ1) is 22.5. The van der Waals surface area contributed by atoms with Crippen LogP contribution in [0.4, 0.5) is 45.5 Å². The molecule has 2 aliphatic rings. The lowest BCUT2D eigenvalue weighted by Crippen LogP contribution is -2.58. The van der Waals surface area contributed by atoms with E-state index in [9.17, 15) is 0 Å². The number of fused-ring (bicyclic) bond motifs is 2. The maximum absolute atomic E-state index is 4.60. The Morgan fingerprint density at radius 2 is 0.630 bits per heavy atom. The predicted molar refractivity (Wildman–Crippen MR) is 185 cm³/mol. The van der Waals surface area contributed by atoms with Gasteiger partial charge < -0.3 is 19.6 Å². The molecule has 46 heavy (non-hydrogen) atoms. The number of rotatable bonds is 5. The van der Waals surface area contributed by atoms with Crippen LogP contribution in [0.15, 0.2) is 122 Å². The Morgan fingerprint density at radius 3 is 0.826 bits per heavy atom. The molecular formula is C38H34N8. The number of aryl methyl sites for hydroxylation is 4. The van der Waals surface area contributed by atoms with Crippen molar-refractivity contribution in [1.82, 2.24) is 19.9 Å². The molecule has 2 aliphatic heterocycles. The molecule has 0 fully saturated rings. The summed E-state index contributed by atoms with van der Waals surface area (Å²) in [7, 11) is 0. The molecule has 0 radical (unpaired) electrons. The van der Waals surface area contributed by atoms with Gasteiger partial charge in [-0.15, -0.1) is 0 Å². The molecule has 0 bridgehead atoms. The number of benzene rings is 2. The molecule has 0 saturated heterocycles. The molecule has 0 amide bonds. The maximum atomic E-state index is 4.60. The van der Waals surface area contributed by atoms with E-state index in [2.05, 4.69) is 116 Å². The number of hydrogen-bond acceptors (Lipinski definition) is 8. The lowest BCUT2D eigenvalue weighted by Gasteiger charge is -2.44. The smallest absolute Gasteiger partial charge is 0.151 e. The van der Waals surface area contributed by atoms with Crippen LogP contribution < -0.4 is 19.6 Å². The van der Waals surface area contributed by atoms with Crippen molar-refractivity contribution in [2.75, 3.05) is 19.6 Å². The molecule has 8 nitrogen and oxygen atoms in total. The minimum absolute atomic E-state index is 0.280. The third kappa shape index (κ3) is 4.36. The highest BCUT2D eigenvalue weighted by Gasteiger charge is 2.52. The number of nitrogens with zero attached hydrogens (tertiary/aromatic N) is 8. The van der Waals surface area contributed by atoms with E-state index < -0.39 is 0 Å². The summed E-state index contributed by atoms with van der Waals surface area (Å²) in [6.45, 7) is 8.72. The fourth-order valence-electron chi connectivity index (χ4n) is 6.83. The van der Waals surface area contributed by atoms with Gasteiger partial charge >= 0.3 is 0 Å². The predicted octanol–water partition coefficient (Wildman–Crippen LogP) is 8.43. The van der Waals surface area contributed by atoms with Crippen LogP contribution in [0.25, 0.3) is 0 Å². The highest BCUT2D eigenvalue weighted by atomic mass is 15.5. The van der Waals surface area contributed by atoms with Crippen LogP contribution in [0.2, 0.25) is 0 Å². The minimum Gasteiger partial charge on any atom is -0.313 e. The van der Waals surface area contributed by atoms with E-state index in [4.69, 9.17) is 0 Å². The lowest BCUT2D eigenvalue weighted by atomic mass is 10.1. The molecule has 0 atom stereocenters. The van der Waals surface area contributed by atoms with Crippen molar-refractivity contribution in [3.8, 4) is 0 Å². The Balaban J connectivity index is 1.47. The van der Waals surface area contributed by atoms with E-state index in [0.29, 0.717) is 0 Å². The summed E-state index contributed by atoms with van der Waals surface area (Å²) in [6, 6.07) is 25.8. The van der Waals surface area contributed by atoms with Gasteiger partial charge in [0.1, 0.15) is 0 Å². The Bertz CT molecular complexity index is 1730. The van der Waals surface area contributed by atoms with Gasteiger partial charge in [0.05, 0.1) is 70.3 Å². The molecule has 0 saturated carbocycles. The zero-order valence-corrected chi connectivity index (χ0v) is 26.3. The number of pyridine rings is 4. The van der Waals surface area contributed by atoms with Gasteiger partial charge in [-0.3, -0.25) is 19.9 Å². The summed E-state index contributed by atoms with van der Waals surface area (Å²) >= 11 is 0. The third-order valence-electron chi connectivity index (χ3n) is 9.24. The monoisotopic (exact) mass is 602 g/mol. The number of anilines is 8. The van der Waals surface area contributed by atoms with Crippen LogP contribution in [0.5, 0.6) is 0 Å². The van der Waals surface area contributed by atoms with Gasteiger partial charge in [0.25, 0.3) is 0 Å². The lowest BCUT2D eigenvalue weighted by molar-refractivity contribution is 0.548. The van der Waals surface area contributed by atoms with Crippen LogP contribution in [-0.2, 0) is 0 Å². The molecular weight excluding hydrogens is 568 g/mol. The molecule has 226 valence electrons. The van der Waals surface area contributed by atoms with Gasteiger partial charge in [-0.05, 0) is 123 Å². The summed E-state index contributed by atoms with van der Waals surface area (Å²) in [5, 5.41) is 0. The molecule has 8 heteroatoms. The van der Waals surface area contributed by atoms with Crippen LogP contribution in [0.1, 0.15) is 22.3 Å². The quantitative estimate of drug-likeness (QED) is 0.195. The average molecular weight is 603 g/mol. The second-order valence-electron chi connectivity index (χ2n) is 12.0. The first-order valence-corrected chi connectivity index (χ1v) is 15.5. The SMILES string of the molecule is Cc1cc2c(cc1C)N(c1cccnc1)C(C1N(c3cccnc3)c3cc(C)c(C)cc3N1c1cccnc1)N2c1cccnc1. The highest BCUT2D eigenvalue weighted by molar-refractivity contribution is 5.94. The van der Waals surface area contributed by atoms with Gasteiger partial charge in [0.2, 0.25) is 0 Å². The molecule has 8 rings (SSSR count). The number of hydrogen-bond donors (Lipinski definition) is 0. The van der Waals surface area contributed by atoms with Crippen LogP contribution in [-0.4, -0.2) is 32.3 Å². The van der Waals surface area contributed by atoms with Crippen molar-refractivity contribution < 1.29 is 0 Å². The topological polar surface area (TPSA) is 64.5 Å². The minimum atomic E-state index is -0.280. The van der Waals surface area contributed by atoms with E-state index in [1.165, 1.54) is 22.3 Å². The van der Waals surface area contributed by atoms with Gasteiger partial charge in [0, 0.05) is 24.8 Å². The fourth-order valence-corrected chi connectivity index (χ4v) is 6.83. The van der Waals surface area contributed by atoms with Crippen molar-refractivity contribution in [3.05, 3.63) is 145 Å². The second-order valence-corrected chi connectivity index (χ2v) is 12.0. The average Bonchev–Trinajstić information content (AvgIpc) is 3.58. The first kappa shape index (κ1) is 27.8. The van der Waals surface area contributed by atoms with Crippen molar-refractivity contribution in [2.45, 2.75) is 40.0 Å². The van der Waals surface area contributed by atoms with Crippen LogP contribution in [0.3, 0.4) is 0 Å². The standard InChI is InChI=1S/C38H34N8/c1-25-17-33-34(18-26(25)2)44(30-10-6-14-40-22-30)37(43(33)29-9-5-13-39-21-29)38-45(31-11-7-15-41-23-31)35-19-27(3)28(4)20-36(35)46(38)32-12-8-16-42-24-32/h5-24,37-38H,1-4H3. The molecule has 0 N–H and O–H groups in total. The van der Waals surface area contributed by atoms with Gasteiger partial charge in [0.15, 0.2) is 12.3 Å². The molecule has 4 aromatic heterocycles. The van der Waals surface area contributed by atoms with E-state index in [1.807, 2.05) is 73.8 Å². The fraction of sp³-hybridized carbons (Fsp3) is 0.158. The molecule has 2 aromatic carbocycles. The Labute approximate surface area is 269 Å². The van der Waals surface area contributed by atoms with E-state index in [1.54, 1.807) is 0 Å². The molecule has 0 unspecified atom stereocenters. The summed E-state index contributed by atoms with van der Waals surface area (Å²) in [6.07, 6.45) is 14.6. The molecule has 0 spiro atoms. The van der Waals surface area contributed by atoms with Crippen LogP contribution in [0, 0.1) is 27.7 Å². The summed E-state index contributed by atoms with van der Waals surface area (Å²) < 4.78 is 0. The van der Waals surface area contributed by atoms with E-state index in [0.717, 1.165) is 45.5 Å². The van der Waals surface area contributed by atoms with Crippen LogP contribution >= 0.6 is 0 Å². The van der Waals surface area contributed by atoms with Gasteiger partial charge in [-0.1, -0.05) is 0 Å². The normalized spacial score (nSPS) is 14.6. The molecule has 0 aliphatic carbocycles. The molecule has 6 aromatic rings. The Hall–Kier alpha value is -5.76. The van der Waals surface area contributed by atoms with Crippen molar-refractivity contribution in [2.24, 2.45) is 0 Å². The summed E-state index contributed by atoms with van der Waals surface area (Å²) in [5.74, 6) is 0. The zero-order valence-electron chi connectivity index (χ0n) is 26.3. The second kappa shape index (κ2) is 11.0. The first-order valence-electron chi connectivity index (χ1n) is 15.5. The Kier molecular flexibility index (Phi) is 6.64. The van der Waals surface area contributed by atoms with E-state index >= 15 is 0 Å².